The summed E-state index contributed by atoms with van der Waals surface area (Å²) < 4.78 is 21.8. The molecule has 1 N–H and O–H groups in total. The highest BCUT2D eigenvalue weighted by atomic mass is 35.5. The van der Waals surface area contributed by atoms with Crippen LogP contribution in [0.5, 0.6) is 17.2 Å². The Morgan fingerprint density at radius 1 is 0.885 bits per heavy atom. The van der Waals surface area contributed by atoms with E-state index in [1.54, 1.807) is 55.6 Å². The molecule has 4 heterocycles. The Kier molecular flexibility index (Phi) is 10.0. The van der Waals surface area contributed by atoms with Gasteiger partial charge in [-0.1, -0.05) is 66.2 Å². The highest BCUT2D eigenvalue weighted by Gasteiger charge is 2.68. The van der Waals surface area contributed by atoms with Crippen LogP contribution in [0.15, 0.2) is 117 Å². The fraction of sp³-hybridized carbons (Fsp3) is 0.289. The van der Waals surface area contributed by atoms with Crippen molar-refractivity contribution in [2.75, 3.05) is 32.3 Å². The molecule has 9 rings (SSSR count). The molecule has 0 bridgehead atoms. The summed E-state index contributed by atoms with van der Waals surface area (Å²) in [6.07, 6.45) is 1.88. The van der Waals surface area contributed by atoms with Gasteiger partial charge in [-0.25, -0.2) is 33.4 Å². The third-order valence-corrected chi connectivity index (χ3v) is 12.5. The number of aliphatic hydroxyl groups is 1. The molecule has 1 aliphatic carbocycles. The fourth-order valence-corrected chi connectivity index (χ4v) is 9.81. The molecule has 2 aliphatic heterocycles. The monoisotopic (exact) mass is 844 g/mol. The van der Waals surface area contributed by atoms with Gasteiger partial charge in [-0.2, -0.15) is 0 Å². The maximum atomic E-state index is 15.5. The van der Waals surface area contributed by atoms with Crippen LogP contribution in [-0.2, 0) is 41.6 Å². The number of methoxy groups -OCH3 is 2. The Bertz CT molecular complexity index is 2950. The van der Waals surface area contributed by atoms with Crippen molar-refractivity contribution in [1.29, 1.82) is 0 Å². The first-order valence-corrected chi connectivity index (χ1v) is 20.2. The van der Waals surface area contributed by atoms with Crippen LogP contribution in [0, 0.1) is 5.92 Å². The highest BCUT2D eigenvalue weighted by Crippen LogP contribution is 2.62. The van der Waals surface area contributed by atoms with Crippen molar-refractivity contribution in [3.05, 3.63) is 156 Å². The molecule has 1 saturated carbocycles. The van der Waals surface area contributed by atoms with Gasteiger partial charge in [-0.15, -0.1) is 0 Å². The molecule has 312 valence electrons. The molecule has 2 fully saturated rings. The number of amides is 2. The number of aromatic nitrogens is 5. The number of halogens is 1. The second kappa shape index (κ2) is 15.4. The number of imide groups is 1. The van der Waals surface area contributed by atoms with E-state index in [0.29, 0.717) is 55.7 Å². The van der Waals surface area contributed by atoms with E-state index < -0.39 is 52.0 Å². The van der Waals surface area contributed by atoms with Crippen LogP contribution in [0.2, 0.25) is 5.02 Å². The fourth-order valence-electron chi connectivity index (χ4n) is 9.63. The number of allylic oxidation sites excluding steroid dienone is 2. The standard InChI is InChI=1S/C45H41ClN6O9/c1-48-36-25-38(60-3)37(59-2)24-34(36)47-33(41(48)55)17-18-49-43(57)50-19-16-31-35(52(50)44(49)58)23-32-40(54)51(29-11-7-10-28(46)22-29)42(56)45(32,27-8-5-4-6-9-27)39(31)26-12-14-30(15-13-26)61-21-20-53/h4-16,22,24-25,32,35,39,53H,17-21,23H2,1-3H3. The van der Waals surface area contributed by atoms with Crippen LogP contribution in [0.1, 0.15) is 35.2 Å². The summed E-state index contributed by atoms with van der Waals surface area (Å²) in [5, 5.41) is 9.73. The van der Waals surface area contributed by atoms with Gasteiger partial charge in [0, 0.05) is 43.1 Å². The summed E-state index contributed by atoms with van der Waals surface area (Å²) in [5.74, 6) is -1.31. The van der Waals surface area contributed by atoms with Gasteiger partial charge in [0.15, 0.2) is 11.5 Å². The summed E-state index contributed by atoms with van der Waals surface area (Å²) in [5.41, 5.74) is 0.396. The van der Waals surface area contributed by atoms with Crippen LogP contribution >= 0.6 is 11.6 Å². The number of hydrogen-bond acceptors (Lipinski definition) is 10. The Morgan fingerprint density at radius 3 is 2.33 bits per heavy atom. The average Bonchev–Trinajstić information content (AvgIpc) is 3.66. The molecule has 1 saturated heterocycles. The number of aryl methyl sites for hydroxylation is 2. The van der Waals surface area contributed by atoms with E-state index in [4.69, 9.17) is 25.8 Å². The number of fused-ring (bicyclic) bond motifs is 5. The predicted octanol–water partition coefficient (Wildman–Crippen LogP) is 4.14. The first-order valence-electron chi connectivity index (χ1n) is 19.8. The van der Waals surface area contributed by atoms with E-state index in [1.165, 1.54) is 33.1 Å². The van der Waals surface area contributed by atoms with Gasteiger partial charge in [-0.3, -0.25) is 14.4 Å². The number of hydrogen-bond donors (Lipinski definition) is 1. The van der Waals surface area contributed by atoms with Gasteiger partial charge in [0.1, 0.15) is 18.1 Å². The Labute approximate surface area is 353 Å². The Morgan fingerprint density at radius 2 is 1.62 bits per heavy atom. The number of nitrogens with zero attached hydrogens (tertiary/aromatic N) is 6. The zero-order valence-corrected chi connectivity index (χ0v) is 34.2. The first-order chi connectivity index (χ1) is 29.5. The maximum Gasteiger partial charge on any atom is 0.347 e. The summed E-state index contributed by atoms with van der Waals surface area (Å²) in [6, 6.07) is 25.5. The highest BCUT2D eigenvalue weighted by molar-refractivity contribution is 6.32. The Hall–Kier alpha value is -6.71. The van der Waals surface area contributed by atoms with Crippen molar-refractivity contribution in [2.24, 2.45) is 13.0 Å². The quantitative estimate of drug-likeness (QED) is 0.148. The molecule has 61 heavy (non-hydrogen) atoms. The zero-order chi connectivity index (χ0) is 42.7. The van der Waals surface area contributed by atoms with Crippen LogP contribution in [-0.4, -0.2) is 67.8 Å². The molecule has 4 atom stereocenters. The van der Waals surface area contributed by atoms with Gasteiger partial charge in [-0.05, 0) is 53.5 Å². The number of carbonyl (C=O) groups excluding carboxylic acids is 2. The van der Waals surface area contributed by atoms with Gasteiger partial charge in [0.05, 0.1) is 61.5 Å². The number of ether oxygens (including phenoxy) is 3. The van der Waals surface area contributed by atoms with Crippen LogP contribution in [0.4, 0.5) is 5.69 Å². The molecule has 6 aromatic rings. The Balaban J connectivity index is 1.17. The molecule has 16 heteroatoms. The summed E-state index contributed by atoms with van der Waals surface area (Å²) in [6.45, 7) is -0.233. The largest absolute Gasteiger partial charge is 0.493 e. The number of anilines is 1. The SMILES string of the molecule is COc1cc2nc(CCn3c(=O)n4n(c3=O)C3CC5C(=O)N(c6cccc(Cl)c6)C(=O)C5(c5ccccc5)C(c5ccc(OCCO)cc5)C3=CC4)c(=O)n(C)c2cc1OC. The molecule has 4 aromatic carbocycles. The van der Waals surface area contributed by atoms with Crippen molar-refractivity contribution >= 4 is 40.1 Å². The number of carbonyl (C=O) groups is 2. The second-order valence-electron chi connectivity index (χ2n) is 15.3. The molecule has 0 spiro atoms. The molecule has 2 amide bonds. The molecular formula is C45H41ClN6O9. The number of rotatable bonds is 11. The lowest BCUT2D eigenvalue weighted by Crippen LogP contribution is -2.53. The van der Waals surface area contributed by atoms with E-state index in [9.17, 15) is 19.5 Å². The minimum Gasteiger partial charge on any atom is -0.493 e. The topological polar surface area (TPSA) is 169 Å². The summed E-state index contributed by atoms with van der Waals surface area (Å²) >= 11 is 6.43. The second-order valence-corrected chi connectivity index (χ2v) is 15.7. The van der Waals surface area contributed by atoms with Crippen molar-refractivity contribution in [1.82, 2.24) is 23.5 Å². The van der Waals surface area contributed by atoms with Crippen LogP contribution in [0.25, 0.3) is 11.0 Å². The van der Waals surface area contributed by atoms with Crippen molar-refractivity contribution in [3.8, 4) is 17.2 Å². The number of benzene rings is 4. The summed E-state index contributed by atoms with van der Waals surface area (Å²) in [4.78, 5) is 78.7. The third-order valence-electron chi connectivity index (χ3n) is 12.3. The minimum absolute atomic E-state index is 0.00833. The molecular weight excluding hydrogens is 804 g/mol. The third kappa shape index (κ3) is 6.12. The van der Waals surface area contributed by atoms with E-state index in [0.717, 1.165) is 4.57 Å². The molecule has 4 unspecified atom stereocenters. The van der Waals surface area contributed by atoms with Gasteiger partial charge < -0.3 is 23.9 Å². The van der Waals surface area contributed by atoms with Gasteiger partial charge in [0.25, 0.3) is 5.56 Å². The minimum atomic E-state index is -1.47. The zero-order valence-electron chi connectivity index (χ0n) is 33.5. The normalized spacial score (nSPS) is 20.6. The van der Waals surface area contributed by atoms with Crippen molar-refractivity contribution in [2.45, 2.75) is 43.3 Å². The smallest absolute Gasteiger partial charge is 0.347 e. The predicted molar refractivity (Wildman–Crippen MR) is 226 cm³/mol. The molecule has 3 aliphatic rings. The average molecular weight is 845 g/mol. The van der Waals surface area contributed by atoms with E-state index in [2.05, 4.69) is 4.98 Å². The lowest BCUT2D eigenvalue weighted by atomic mass is 9.53. The lowest BCUT2D eigenvalue weighted by molar-refractivity contribution is -0.124. The molecule has 2 aromatic heterocycles. The first kappa shape index (κ1) is 39.7. The van der Waals surface area contributed by atoms with E-state index in [1.807, 2.05) is 48.5 Å². The van der Waals surface area contributed by atoms with E-state index in [-0.39, 0.29) is 44.8 Å². The van der Waals surface area contributed by atoms with Crippen molar-refractivity contribution < 1.29 is 28.9 Å². The van der Waals surface area contributed by atoms with Gasteiger partial charge in [0.2, 0.25) is 11.8 Å². The number of aliphatic hydroxyl groups excluding tert-OH is 1. The molecule has 15 nitrogen and oxygen atoms in total. The van der Waals surface area contributed by atoms with E-state index >= 15 is 9.59 Å². The molecule has 0 radical (unpaired) electrons. The van der Waals surface area contributed by atoms with Crippen LogP contribution in [0.3, 0.4) is 0 Å². The van der Waals surface area contributed by atoms with Crippen molar-refractivity contribution in [3.63, 3.8) is 0 Å². The summed E-state index contributed by atoms with van der Waals surface area (Å²) in [7, 11) is 4.61. The van der Waals surface area contributed by atoms with Gasteiger partial charge >= 0.3 is 11.4 Å². The maximum absolute atomic E-state index is 15.5. The lowest BCUT2D eigenvalue weighted by Gasteiger charge is -2.49. The van der Waals surface area contributed by atoms with Crippen LogP contribution < -0.4 is 36.0 Å².